The van der Waals surface area contributed by atoms with Crippen LogP contribution in [0.5, 0.6) is 11.5 Å². The summed E-state index contributed by atoms with van der Waals surface area (Å²) in [6.45, 7) is 4.94. The lowest BCUT2D eigenvalue weighted by Gasteiger charge is -2.12. The molecule has 0 unspecified atom stereocenters. The highest BCUT2D eigenvalue weighted by Gasteiger charge is 2.09. The average molecular weight is 329 g/mol. The number of hydrogen-bond acceptors (Lipinski definition) is 4. The molecule has 2 aromatic rings. The van der Waals surface area contributed by atoms with E-state index in [9.17, 15) is 4.79 Å². The maximum absolute atomic E-state index is 10.9. The van der Waals surface area contributed by atoms with Crippen molar-refractivity contribution in [2.75, 3.05) is 13.2 Å². The molecule has 5 nitrogen and oxygen atoms in total. The van der Waals surface area contributed by atoms with Gasteiger partial charge < -0.3 is 14.6 Å². The van der Waals surface area contributed by atoms with Crippen molar-refractivity contribution >= 4 is 5.97 Å². The lowest BCUT2D eigenvalue weighted by Crippen LogP contribution is -2.06. The number of carbonyl (C=O) groups is 1. The number of carboxylic acids is 1. The van der Waals surface area contributed by atoms with Gasteiger partial charge in [-0.1, -0.05) is 19.1 Å². The van der Waals surface area contributed by atoms with Crippen LogP contribution < -0.4 is 9.47 Å². The summed E-state index contributed by atoms with van der Waals surface area (Å²) >= 11 is 0. The standard InChI is InChI=1S/C19H23NO4/c1-3-14-5-7-16(20-13-14)9-10-24-17-8-6-15(11-19(21)22)18(12-17)23-4-2/h5-8,12-13H,3-4,9-11H2,1-2H3,(H,21,22). The molecule has 0 radical (unpaired) electrons. The minimum atomic E-state index is -0.883. The highest BCUT2D eigenvalue weighted by atomic mass is 16.5. The Labute approximate surface area is 142 Å². The van der Waals surface area contributed by atoms with Crippen LogP contribution in [0.3, 0.4) is 0 Å². The van der Waals surface area contributed by atoms with E-state index in [0.29, 0.717) is 36.7 Å². The number of benzene rings is 1. The minimum absolute atomic E-state index is 0.0662. The summed E-state index contributed by atoms with van der Waals surface area (Å²) in [5.41, 5.74) is 2.85. The first-order valence-electron chi connectivity index (χ1n) is 8.16. The average Bonchev–Trinajstić information content (AvgIpc) is 2.57. The molecule has 0 spiro atoms. The fourth-order valence-electron chi connectivity index (χ4n) is 2.31. The van der Waals surface area contributed by atoms with Gasteiger partial charge in [0.25, 0.3) is 0 Å². The van der Waals surface area contributed by atoms with Crippen molar-refractivity contribution in [3.63, 3.8) is 0 Å². The number of hydrogen-bond donors (Lipinski definition) is 1. The number of aliphatic carboxylic acids is 1. The topological polar surface area (TPSA) is 68.7 Å². The molecule has 2 rings (SSSR count). The van der Waals surface area contributed by atoms with E-state index in [1.165, 1.54) is 5.56 Å². The molecule has 0 aliphatic rings. The summed E-state index contributed by atoms with van der Waals surface area (Å²) in [7, 11) is 0. The summed E-state index contributed by atoms with van der Waals surface area (Å²) in [6.07, 6.45) is 3.52. The van der Waals surface area contributed by atoms with E-state index in [2.05, 4.69) is 18.0 Å². The van der Waals surface area contributed by atoms with Crippen molar-refractivity contribution in [2.24, 2.45) is 0 Å². The van der Waals surface area contributed by atoms with Crippen molar-refractivity contribution in [1.29, 1.82) is 0 Å². The molecule has 1 aromatic carbocycles. The number of carboxylic acid groups (broad SMARTS) is 1. The molecule has 0 atom stereocenters. The molecular weight excluding hydrogens is 306 g/mol. The van der Waals surface area contributed by atoms with Gasteiger partial charge >= 0.3 is 5.97 Å². The normalized spacial score (nSPS) is 10.4. The molecule has 0 aliphatic carbocycles. The fraction of sp³-hybridized carbons (Fsp3) is 0.368. The van der Waals surface area contributed by atoms with Gasteiger partial charge in [0.1, 0.15) is 11.5 Å². The number of nitrogens with zero attached hydrogens (tertiary/aromatic N) is 1. The summed E-state index contributed by atoms with van der Waals surface area (Å²) in [6, 6.07) is 9.35. The molecule has 128 valence electrons. The van der Waals surface area contributed by atoms with Crippen LogP contribution in [0.25, 0.3) is 0 Å². The van der Waals surface area contributed by atoms with Crippen LogP contribution in [0.2, 0.25) is 0 Å². The van der Waals surface area contributed by atoms with Gasteiger partial charge in [-0.3, -0.25) is 9.78 Å². The molecule has 0 fully saturated rings. The maximum atomic E-state index is 10.9. The summed E-state index contributed by atoms with van der Waals surface area (Å²) < 4.78 is 11.3. The quantitative estimate of drug-likeness (QED) is 0.764. The lowest BCUT2D eigenvalue weighted by atomic mass is 10.1. The Balaban J connectivity index is 1.95. The zero-order valence-corrected chi connectivity index (χ0v) is 14.1. The zero-order valence-electron chi connectivity index (χ0n) is 14.1. The van der Waals surface area contributed by atoms with E-state index in [1.807, 2.05) is 19.2 Å². The van der Waals surface area contributed by atoms with Crippen LogP contribution in [-0.4, -0.2) is 29.3 Å². The third kappa shape index (κ3) is 5.26. The van der Waals surface area contributed by atoms with E-state index in [1.54, 1.807) is 18.2 Å². The van der Waals surface area contributed by atoms with E-state index < -0.39 is 5.97 Å². The second kappa shape index (κ2) is 8.91. The molecule has 5 heteroatoms. The zero-order chi connectivity index (χ0) is 17.4. The fourth-order valence-corrected chi connectivity index (χ4v) is 2.31. The Morgan fingerprint density at radius 3 is 2.62 bits per heavy atom. The van der Waals surface area contributed by atoms with E-state index in [-0.39, 0.29) is 6.42 Å². The SMILES string of the molecule is CCOc1cc(OCCc2ccc(CC)cn2)ccc1CC(=O)O. The van der Waals surface area contributed by atoms with Gasteiger partial charge in [-0.25, -0.2) is 0 Å². The largest absolute Gasteiger partial charge is 0.493 e. The summed E-state index contributed by atoms with van der Waals surface area (Å²) in [5.74, 6) is 0.340. The molecule has 1 heterocycles. The Hall–Kier alpha value is -2.56. The Kier molecular flexibility index (Phi) is 6.61. The Morgan fingerprint density at radius 2 is 2.00 bits per heavy atom. The molecule has 0 aliphatic heterocycles. The molecule has 0 bridgehead atoms. The van der Waals surface area contributed by atoms with E-state index in [0.717, 1.165) is 12.1 Å². The van der Waals surface area contributed by atoms with E-state index in [4.69, 9.17) is 14.6 Å². The molecule has 1 N–H and O–H groups in total. The second-order valence-electron chi connectivity index (χ2n) is 5.38. The van der Waals surface area contributed by atoms with Crippen molar-refractivity contribution in [3.8, 4) is 11.5 Å². The van der Waals surface area contributed by atoms with Crippen LogP contribution in [0.1, 0.15) is 30.7 Å². The first kappa shape index (κ1) is 17.8. The second-order valence-corrected chi connectivity index (χ2v) is 5.38. The molecule has 1 aromatic heterocycles. The lowest BCUT2D eigenvalue weighted by molar-refractivity contribution is -0.136. The number of aromatic nitrogens is 1. The highest BCUT2D eigenvalue weighted by molar-refractivity contribution is 5.71. The number of ether oxygens (including phenoxy) is 2. The van der Waals surface area contributed by atoms with Crippen molar-refractivity contribution < 1.29 is 19.4 Å². The van der Waals surface area contributed by atoms with Crippen LogP contribution >= 0.6 is 0 Å². The van der Waals surface area contributed by atoms with Gasteiger partial charge in [-0.15, -0.1) is 0 Å². The summed E-state index contributed by atoms with van der Waals surface area (Å²) in [4.78, 5) is 15.3. The number of rotatable bonds is 9. The Morgan fingerprint density at radius 1 is 1.17 bits per heavy atom. The van der Waals surface area contributed by atoms with Gasteiger partial charge in [-0.2, -0.15) is 0 Å². The maximum Gasteiger partial charge on any atom is 0.307 e. The van der Waals surface area contributed by atoms with Crippen LogP contribution in [0.4, 0.5) is 0 Å². The predicted molar refractivity (Wildman–Crippen MR) is 91.8 cm³/mol. The van der Waals surface area contributed by atoms with Gasteiger partial charge in [0.15, 0.2) is 0 Å². The van der Waals surface area contributed by atoms with Crippen molar-refractivity contribution in [3.05, 3.63) is 53.3 Å². The minimum Gasteiger partial charge on any atom is -0.493 e. The molecule has 0 saturated carbocycles. The molecule has 0 saturated heterocycles. The van der Waals surface area contributed by atoms with Crippen LogP contribution in [0, 0.1) is 0 Å². The van der Waals surface area contributed by atoms with E-state index >= 15 is 0 Å². The van der Waals surface area contributed by atoms with Crippen molar-refractivity contribution in [2.45, 2.75) is 33.1 Å². The third-order valence-electron chi connectivity index (χ3n) is 3.60. The van der Waals surface area contributed by atoms with Gasteiger partial charge in [0.2, 0.25) is 0 Å². The van der Waals surface area contributed by atoms with Crippen molar-refractivity contribution in [1.82, 2.24) is 4.98 Å². The van der Waals surface area contributed by atoms with Crippen LogP contribution in [0.15, 0.2) is 36.5 Å². The number of aryl methyl sites for hydroxylation is 1. The smallest absolute Gasteiger partial charge is 0.307 e. The molecule has 24 heavy (non-hydrogen) atoms. The molecular formula is C19H23NO4. The van der Waals surface area contributed by atoms with Gasteiger partial charge in [0, 0.05) is 29.9 Å². The van der Waals surface area contributed by atoms with Gasteiger partial charge in [-0.05, 0) is 31.0 Å². The Bertz CT molecular complexity index is 668. The summed E-state index contributed by atoms with van der Waals surface area (Å²) in [5, 5.41) is 8.94. The first-order chi connectivity index (χ1) is 11.6. The molecule has 0 amide bonds. The van der Waals surface area contributed by atoms with Gasteiger partial charge in [0.05, 0.1) is 19.6 Å². The van der Waals surface area contributed by atoms with Crippen LogP contribution in [-0.2, 0) is 24.1 Å². The predicted octanol–water partition coefficient (Wildman–Crippen LogP) is 3.29. The third-order valence-corrected chi connectivity index (χ3v) is 3.60. The monoisotopic (exact) mass is 329 g/mol. The first-order valence-corrected chi connectivity index (χ1v) is 8.16. The highest BCUT2D eigenvalue weighted by Crippen LogP contribution is 2.25. The number of pyridine rings is 1.